The predicted octanol–water partition coefficient (Wildman–Crippen LogP) is 3.10. The van der Waals surface area contributed by atoms with E-state index in [0.717, 1.165) is 19.3 Å². The van der Waals surface area contributed by atoms with E-state index in [4.69, 9.17) is 0 Å². The summed E-state index contributed by atoms with van der Waals surface area (Å²) in [6.07, 6.45) is 7.57. The molecule has 0 aromatic rings. The fourth-order valence-electron chi connectivity index (χ4n) is 1.77. The molecule has 0 bridgehead atoms. The summed E-state index contributed by atoms with van der Waals surface area (Å²) >= 11 is 0. The van der Waals surface area contributed by atoms with Gasteiger partial charge in [0, 0.05) is 12.3 Å². The molecule has 0 spiro atoms. The first kappa shape index (κ1) is 9.50. The molecular formula is C11H18O. The summed E-state index contributed by atoms with van der Waals surface area (Å²) < 4.78 is 0. The van der Waals surface area contributed by atoms with Crippen LogP contribution in [0.2, 0.25) is 0 Å². The molecule has 1 heteroatoms. The maximum Gasteiger partial charge on any atom is 0.139 e. The van der Waals surface area contributed by atoms with Crippen molar-refractivity contribution in [2.45, 2.75) is 46.0 Å². The van der Waals surface area contributed by atoms with Crippen molar-refractivity contribution in [1.82, 2.24) is 0 Å². The minimum atomic E-state index is 0.234. The monoisotopic (exact) mass is 166 g/mol. The van der Waals surface area contributed by atoms with E-state index >= 15 is 0 Å². The zero-order valence-corrected chi connectivity index (χ0v) is 8.10. The highest BCUT2D eigenvalue weighted by Gasteiger charge is 2.17. The van der Waals surface area contributed by atoms with Gasteiger partial charge in [0.1, 0.15) is 5.78 Å². The quantitative estimate of drug-likeness (QED) is 0.432. The van der Waals surface area contributed by atoms with Crippen LogP contribution in [0.1, 0.15) is 46.0 Å². The number of rotatable bonds is 1. The van der Waals surface area contributed by atoms with Crippen molar-refractivity contribution in [3.63, 3.8) is 0 Å². The van der Waals surface area contributed by atoms with Crippen molar-refractivity contribution in [3.05, 3.63) is 11.6 Å². The summed E-state index contributed by atoms with van der Waals surface area (Å²) in [6.45, 7) is 4.14. The Kier molecular flexibility index (Phi) is 3.51. The van der Waals surface area contributed by atoms with E-state index in [-0.39, 0.29) is 5.92 Å². The van der Waals surface area contributed by atoms with Crippen LogP contribution in [0, 0.1) is 5.92 Å². The zero-order valence-electron chi connectivity index (χ0n) is 8.10. The number of carbonyl (C=O) groups excluding carboxylic acids is 1. The van der Waals surface area contributed by atoms with Gasteiger partial charge in [0.15, 0.2) is 0 Å². The van der Waals surface area contributed by atoms with Gasteiger partial charge in [-0.15, -0.1) is 0 Å². The van der Waals surface area contributed by atoms with Crippen LogP contribution in [0.4, 0.5) is 0 Å². The summed E-state index contributed by atoms with van der Waals surface area (Å²) in [6, 6.07) is 0. The van der Waals surface area contributed by atoms with Gasteiger partial charge in [-0.25, -0.2) is 0 Å². The normalized spacial score (nSPS) is 24.8. The molecule has 0 saturated heterocycles. The molecule has 1 fully saturated rings. The van der Waals surface area contributed by atoms with Crippen LogP contribution in [0.3, 0.4) is 0 Å². The lowest BCUT2D eigenvalue weighted by Crippen LogP contribution is -2.09. The molecule has 1 aliphatic rings. The molecule has 0 aromatic carbocycles. The summed E-state index contributed by atoms with van der Waals surface area (Å²) in [4.78, 5) is 11.5. The van der Waals surface area contributed by atoms with Crippen molar-refractivity contribution in [2.24, 2.45) is 5.92 Å². The Bertz CT molecular complexity index is 187. The number of ketones is 1. The lowest BCUT2D eigenvalue weighted by molar-refractivity contribution is -0.121. The topological polar surface area (TPSA) is 17.1 Å². The molecule has 0 radical (unpaired) electrons. The van der Waals surface area contributed by atoms with Gasteiger partial charge in [-0.05, 0) is 26.7 Å². The van der Waals surface area contributed by atoms with Gasteiger partial charge in [0.25, 0.3) is 0 Å². The van der Waals surface area contributed by atoms with E-state index in [9.17, 15) is 4.79 Å². The van der Waals surface area contributed by atoms with Gasteiger partial charge >= 0.3 is 0 Å². The van der Waals surface area contributed by atoms with Gasteiger partial charge in [0.2, 0.25) is 0 Å². The Labute approximate surface area is 74.9 Å². The molecule has 0 heterocycles. The third-order valence-corrected chi connectivity index (χ3v) is 2.39. The van der Waals surface area contributed by atoms with Crippen molar-refractivity contribution in [2.75, 3.05) is 0 Å². The van der Waals surface area contributed by atoms with Crippen molar-refractivity contribution >= 4 is 5.78 Å². The largest absolute Gasteiger partial charge is 0.299 e. The highest BCUT2D eigenvalue weighted by atomic mass is 16.1. The number of carbonyl (C=O) groups is 1. The molecule has 1 unspecified atom stereocenters. The van der Waals surface area contributed by atoms with Crippen LogP contribution in [0.25, 0.3) is 0 Å². The van der Waals surface area contributed by atoms with Crippen LogP contribution >= 0.6 is 0 Å². The number of Topliss-reactive ketones (excluding diaryl/α,β-unsaturated/α-hetero) is 1. The highest BCUT2D eigenvalue weighted by Crippen LogP contribution is 2.21. The number of allylic oxidation sites excluding steroid dienone is 2. The smallest absolute Gasteiger partial charge is 0.139 e. The molecule has 1 saturated carbocycles. The third kappa shape index (κ3) is 2.80. The van der Waals surface area contributed by atoms with E-state index < -0.39 is 0 Å². The van der Waals surface area contributed by atoms with Crippen molar-refractivity contribution in [3.8, 4) is 0 Å². The standard InChI is InChI=1S/C11H18O/c1-9(2)8-10-6-4-3-5-7-11(10)12/h8,10H,3-7H2,1-2H3. The molecule has 1 rings (SSSR count). The average molecular weight is 166 g/mol. The summed E-state index contributed by atoms with van der Waals surface area (Å²) in [5.74, 6) is 0.686. The Morgan fingerprint density at radius 2 is 2.08 bits per heavy atom. The Hall–Kier alpha value is -0.590. The molecule has 0 N–H and O–H groups in total. The van der Waals surface area contributed by atoms with Crippen LogP contribution < -0.4 is 0 Å². The summed E-state index contributed by atoms with van der Waals surface area (Å²) in [5.41, 5.74) is 1.27. The molecule has 1 aliphatic carbocycles. The van der Waals surface area contributed by atoms with Crippen LogP contribution in [0.5, 0.6) is 0 Å². The highest BCUT2D eigenvalue weighted by molar-refractivity contribution is 5.82. The SMILES string of the molecule is CC(C)=CC1CCCCCC1=O. The molecule has 1 nitrogen and oxygen atoms in total. The number of hydrogen-bond acceptors (Lipinski definition) is 1. The summed E-state index contributed by atoms with van der Waals surface area (Å²) in [7, 11) is 0. The zero-order chi connectivity index (χ0) is 8.97. The minimum Gasteiger partial charge on any atom is -0.299 e. The molecular weight excluding hydrogens is 148 g/mol. The maximum absolute atomic E-state index is 11.5. The molecule has 68 valence electrons. The molecule has 1 atom stereocenters. The average Bonchev–Trinajstić information content (AvgIpc) is 2.16. The predicted molar refractivity (Wildman–Crippen MR) is 51.0 cm³/mol. The molecule has 12 heavy (non-hydrogen) atoms. The summed E-state index contributed by atoms with van der Waals surface area (Å²) in [5, 5.41) is 0. The Morgan fingerprint density at radius 3 is 2.75 bits per heavy atom. The molecule has 0 aromatic heterocycles. The second kappa shape index (κ2) is 4.44. The van der Waals surface area contributed by atoms with Gasteiger partial charge in [-0.2, -0.15) is 0 Å². The second-order valence-electron chi connectivity index (χ2n) is 3.92. The van der Waals surface area contributed by atoms with E-state index in [1.54, 1.807) is 0 Å². The minimum absolute atomic E-state index is 0.234. The first-order valence-corrected chi connectivity index (χ1v) is 4.88. The lowest BCUT2D eigenvalue weighted by Gasteiger charge is -2.07. The maximum atomic E-state index is 11.5. The van der Waals surface area contributed by atoms with Gasteiger partial charge in [-0.1, -0.05) is 24.5 Å². The van der Waals surface area contributed by atoms with Gasteiger partial charge in [0.05, 0.1) is 0 Å². The Morgan fingerprint density at radius 1 is 1.33 bits per heavy atom. The van der Waals surface area contributed by atoms with E-state index in [2.05, 4.69) is 19.9 Å². The first-order chi connectivity index (χ1) is 5.70. The number of hydrogen-bond donors (Lipinski definition) is 0. The van der Waals surface area contributed by atoms with E-state index in [1.807, 2.05) is 0 Å². The molecule has 0 amide bonds. The third-order valence-electron chi connectivity index (χ3n) is 2.39. The van der Waals surface area contributed by atoms with Gasteiger partial charge in [-0.3, -0.25) is 4.79 Å². The lowest BCUT2D eigenvalue weighted by atomic mass is 9.97. The van der Waals surface area contributed by atoms with Crippen LogP contribution in [-0.4, -0.2) is 5.78 Å². The Balaban J connectivity index is 2.59. The van der Waals surface area contributed by atoms with E-state index in [1.165, 1.54) is 18.4 Å². The van der Waals surface area contributed by atoms with E-state index in [0.29, 0.717) is 5.78 Å². The van der Waals surface area contributed by atoms with Crippen molar-refractivity contribution < 1.29 is 4.79 Å². The first-order valence-electron chi connectivity index (χ1n) is 4.88. The van der Waals surface area contributed by atoms with Crippen molar-refractivity contribution in [1.29, 1.82) is 0 Å². The fourth-order valence-corrected chi connectivity index (χ4v) is 1.77. The van der Waals surface area contributed by atoms with Crippen LogP contribution in [-0.2, 0) is 4.79 Å². The molecule has 0 aliphatic heterocycles. The van der Waals surface area contributed by atoms with Gasteiger partial charge < -0.3 is 0 Å². The second-order valence-corrected chi connectivity index (χ2v) is 3.92. The van der Waals surface area contributed by atoms with Crippen LogP contribution in [0.15, 0.2) is 11.6 Å². The fraction of sp³-hybridized carbons (Fsp3) is 0.727.